The van der Waals surface area contributed by atoms with Crippen molar-refractivity contribution in [3.05, 3.63) is 0 Å². The molecule has 0 radical (unpaired) electrons. The number of carboxylic acid groups (broad SMARTS) is 1. The van der Waals surface area contributed by atoms with Gasteiger partial charge in [-0.05, 0) is 52.2 Å². The van der Waals surface area contributed by atoms with Gasteiger partial charge in [-0.15, -0.1) is 0 Å². The molecule has 1 atom stereocenters. The Morgan fingerprint density at radius 2 is 2.12 bits per heavy atom. The normalized spacial score (nSPS) is 19.5. The fourth-order valence-corrected chi connectivity index (χ4v) is 2.66. The van der Waals surface area contributed by atoms with Crippen LogP contribution in [0, 0.1) is 0 Å². The van der Waals surface area contributed by atoms with E-state index in [0.717, 1.165) is 32.5 Å². The van der Waals surface area contributed by atoms with Gasteiger partial charge in [0.25, 0.3) is 0 Å². The topological polar surface area (TPSA) is 52.6 Å². The summed E-state index contributed by atoms with van der Waals surface area (Å²) in [5.41, 5.74) is 0. The minimum absolute atomic E-state index is 0.284. The van der Waals surface area contributed by atoms with Crippen LogP contribution >= 0.6 is 0 Å². The summed E-state index contributed by atoms with van der Waals surface area (Å²) in [6, 6.07) is 1.02. The predicted molar refractivity (Wildman–Crippen MR) is 69.2 cm³/mol. The molecular weight excluding hydrogens is 216 g/mol. The lowest BCUT2D eigenvalue weighted by Gasteiger charge is -2.38. The molecule has 1 saturated heterocycles. The van der Waals surface area contributed by atoms with E-state index in [-0.39, 0.29) is 6.42 Å². The third kappa shape index (κ3) is 5.04. The summed E-state index contributed by atoms with van der Waals surface area (Å²) >= 11 is 0. The molecule has 1 heterocycles. The molecule has 2 N–H and O–H groups in total. The van der Waals surface area contributed by atoms with Crippen molar-refractivity contribution >= 4 is 5.97 Å². The van der Waals surface area contributed by atoms with Crippen molar-refractivity contribution in [2.75, 3.05) is 19.6 Å². The van der Waals surface area contributed by atoms with Crippen LogP contribution in [0.2, 0.25) is 0 Å². The number of piperidine rings is 1. The van der Waals surface area contributed by atoms with E-state index in [2.05, 4.69) is 24.1 Å². The Bertz CT molecular complexity index is 227. The van der Waals surface area contributed by atoms with Gasteiger partial charge in [0.15, 0.2) is 0 Å². The fraction of sp³-hybridized carbons (Fsp3) is 0.923. The van der Waals surface area contributed by atoms with Gasteiger partial charge < -0.3 is 10.4 Å². The first kappa shape index (κ1) is 14.5. The Morgan fingerprint density at radius 3 is 2.65 bits per heavy atom. The molecule has 17 heavy (non-hydrogen) atoms. The van der Waals surface area contributed by atoms with E-state index in [1.807, 2.05) is 0 Å². The Balaban J connectivity index is 2.47. The molecule has 1 unspecified atom stereocenters. The number of nitrogens with one attached hydrogen (secondary N) is 1. The van der Waals surface area contributed by atoms with Crippen molar-refractivity contribution < 1.29 is 9.90 Å². The highest BCUT2D eigenvalue weighted by atomic mass is 16.4. The predicted octanol–water partition coefficient (Wildman–Crippen LogP) is 1.70. The zero-order chi connectivity index (χ0) is 12.7. The second-order valence-corrected chi connectivity index (χ2v) is 5.00. The van der Waals surface area contributed by atoms with Crippen LogP contribution in [0.1, 0.15) is 46.0 Å². The van der Waals surface area contributed by atoms with Crippen LogP contribution in [0.25, 0.3) is 0 Å². The van der Waals surface area contributed by atoms with Crippen LogP contribution < -0.4 is 5.32 Å². The van der Waals surface area contributed by atoms with Gasteiger partial charge >= 0.3 is 5.97 Å². The monoisotopic (exact) mass is 242 g/mol. The third-order valence-electron chi connectivity index (χ3n) is 3.60. The highest BCUT2D eigenvalue weighted by Gasteiger charge is 2.24. The lowest BCUT2D eigenvalue weighted by atomic mass is 10.0. The summed E-state index contributed by atoms with van der Waals surface area (Å²) in [7, 11) is 0. The molecule has 1 aliphatic heterocycles. The molecule has 0 aromatic carbocycles. The number of rotatable bonds is 7. The average molecular weight is 242 g/mol. The lowest BCUT2D eigenvalue weighted by molar-refractivity contribution is -0.137. The molecule has 0 aliphatic carbocycles. The Kier molecular flexibility index (Phi) is 6.52. The third-order valence-corrected chi connectivity index (χ3v) is 3.60. The number of carboxylic acids is 1. The minimum atomic E-state index is -0.682. The van der Waals surface area contributed by atoms with Gasteiger partial charge in [-0.25, -0.2) is 0 Å². The molecule has 4 heteroatoms. The van der Waals surface area contributed by atoms with Crippen molar-refractivity contribution in [2.45, 2.75) is 58.0 Å². The van der Waals surface area contributed by atoms with Gasteiger partial charge in [-0.2, -0.15) is 0 Å². The minimum Gasteiger partial charge on any atom is -0.481 e. The molecule has 0 aromatic rings. The van der Waals surface area contributed by atoms with E-state index in [4.69, 9.17) is 5.11 Å². The number of hydrogen-bond acceptors (Lipinski definition) is 3. The summed E-state index contributed by atoms with van der Waals surface area (Å²) in [6.45, 7) is 7.64. The first-order valence-corrected chi connectivity index (χ1v) is 6.83. The average Bonchev–Trinajstić information content (AvgIpc) is 2.34. The smallest absolute Gasteiger partial charge is 0.303 e. The largest absolute Gasteiger partial charge is 0.481 e. The number of nitrogens with zero attached hydrogens (tertiary/aromatic N) is 1. The molecule has 1 fully saturated rings. The summed E-state index contributed by atoms with van der Waals surface area (Å²) in [6.07, 6.45) is 4.57. The molecule has 1 aliphatic rings. The first-order valence-electron chi connectivity index (χ1n) is 6.83. The number of carbonyl (C=O) groups is 1. The van der Waals surface area contributed by atoms with Crippen molar-refractivity contribution in [1.82, 2.24) is 10.2 Å². The quantitative estimate of drug-likeness (QED) is 0.713. The summed E-state index contributed by atoms with van der Waals surface area (Å²) in [5, 5.41) is 12.1. The highest BCUT2D eigenvalue weighted by molar-refractivity contribution is 5.66. The standard InChI is InChI=1S/C13H26N2O2/c1-3-10-15(11(2)4-5-13(16)17)12-6-8-14-9-7-12/h11-12,14H,3-10H2,1-2H3,(H,16,17). The Hall–Kier alpha value is -0.610. The van der Waals surface area contributed by atoms with Gasteiger partial charge in [0.1, 0.15) is 0 Å². The van der Waals surface area contributed by atoms with Crippen LogP contribution in [-0.4, -0.2) is 47.7 Å². The van der Waals surface area contributed by atoms with Crippen LogP contribution in [-0.2, 0) is 4.79 Å². The first-order chi connectivity index (χ1) is 8.15. The molecule has 1 rings (SSSR count). The summed E-state index contributed by atoms with van der Waals surface area (Å²) in [5.74, 6) is -0.682. The Morgan fingerprint density at radius 1 is 1.47 bits per heavy atom. The van der Waals surface area contributed by atoms with Crippen molar-refractivity contribution in [1.29, 1.82) is 0 Å². The molecule has 4 nitrogen and oxygen atoms in total. The van der Waals surface area contributed by atoms with Crippen molar-refractivity contribution in [2.24, 2.45) is 0 Å². The van der Waals surface area contributed by atoms with Crippen LogP contribution in [0.15, 0.2) is 0 Å². The second-order valence-electron chi connectivity index (χ2n) is 5.00. The maximum Gasteiger partial charge on any atom is 0.303 e. The van der Waals surface area contributed by atoms with E-state index < -0.39 is 5.97 Å². The van der Waals surface area contributed by atoms with Crippen molar-refractivity contribution in [3.8, 4) is 0 Å². The van der Waals surface area contributed by atoms with E-state index in [0.29, 0.717) is 12.1 Å². The van der Waals surface area contributed by atoms with E-state index >= 15 is 0 Å². The maximum atomic E-state index is 10.6. The van der Waals surface area contributed by atoms with E-state index in [1.165, 1.54) is 12.8 Å². The molecule has 0 aromatic heterocycles. The highest BCUT2D eigenvalue weighted by Crippen LogP contribution is 2.18. The fourth-order valence-electron chi connectivity index (χ4n) is 2.66. The molecule has 100 valence electrons. The SMILES string of the molecule is CCCN(C(C)CCC(=O)O)C1CCNCC1. The van der Waals surface area contributed by atoms with Crippen molar-refractivity contribution in [3.63, 3.8) is 0 Å². The van der Waals surface area contributed by atoms with Crippen LogP contribution in [0.5, 0.6) is 0 Å². The second kappa shape index (κ2) is 7.67. The molecule has 0 amide bonds. The van der Waals surface area contributed by atoms with Gasteiger partial charge in [-0.3, -0.25) is 9.69 Å². The maximum absolute atomic E-state index is 10.6. The molecule has 0 bridgehead atoms. The number of hydrogen-bond donors (Lipinski definition) is 2. The van der Waals surface area contributed by atoms with Crippen LogP contribution in [0.3, 0.4) is 0 Å². The van der Waals surface area contributed by atoms with Crippen LogP contribution in [0.4, 0.5) is 0 Å². The Labute approximate surface area is 104 Å². The lowest BCUT2D eigenvalue weighted by Crippen LogP contribution is -2.47. The zero-order valence-corrected chi connectivity index (χ0v) is 11.1. The number of aliphatic carboxylic acids is 1. The summed E-state index contributed by atoms with van der Waals surface area (Å²) < 4.78 is 0. The van der Waals surface area contributed by atoms with Gasteiger partial charge in [0, 0.05) is 18.5 Å². The van der Waals surface area contributed by atoms with E-state index in [1.54, 1.807) is 0 Å². The molecular formula is C13H26N2O2. The molecule has 0 saturated carbocycles. The van der Waals surface area contributed by atoms with Gasteiger partial charge in [0.2, 0.25) is 0 Å². The van der Waals surface area contributed by atoms with Gasteiger partial charge in [0.05, 0.1) is 0 Å². The molecule has 0 spiro atoms. The zero-order valence-electron chi connectivity index (χ0n) is 11.1. The van der Waals surface area contributed by atoms with E-state index in [9.17, 15) is 4.79 Å². The summed E-state index contributed by atoms with van der Waals surface area (Å²) in [4.78, 5) is 13.1. The van der Waals surface area contributed by atoms with Gasteiger partial charge in [-0.1, -0.05) is 6.92 Å².